The van der Waals surface area contributed by atoms with Gasteiger partial charge in [0.15, 0.2) is 5.76 Å². The molecule has 1 aromatic carbocycles. The lowest BCUT2D eigenvalue weighted by atomic mass is 9.95. The van der Waals surface area contributed by atoms with Gasteiger partial charge in [0.05, 0.1) is 13.4 Å². The lowest BCUT2D eigenvalue weighted by molar-refractivity contribution is 0.0924. The maximum Gasteiger partial charge on any atom is 0.287 e. The number of methoxy groups -OCH3 is 1. The molecule has 0 aliphatic rings. The van der Waals surface area contributed by atoms with Crippen LogP contribution in [0.1, 0.15) is 27.7 Å². The summed E-state index contributed by atoms with van der Waals surface area (Å²) >= 11 is 0. The highest BCUT2D eigenvalue weighted by atomic mass is 16.5. The van der Waals surface area contributed by atoms with Crippen molar-refractivity contribution in [1.82, 2.24) is 10.3 Å². The minimum absolute atomic E-state index is 0.0592. The minimum atomic E-state index is -0.241. The third-order valence-electron chi connectivity index (χ3n) is 3.77. The van der Waals surface area contributed by atoms with Crippen LogP contribution in [0.5, 0.6) is 5.75 Å². The van der Waals surface area contributed by atoms with Gasteiger partial charge in [-0.25, -0.2) is 0 Å². The highest BCUT2D eigenvalue weighted by Crippen LogP contribution is 2.24. The van der Waals surface area contributed by atoms with E-state index in [1.165, 1.54) is 6.26 Å². The van der Waals surface area contributed by atoms with Gasteiger partial charge in [-0.1, -0.05) is 18.2 Å². The molecule has 0 saturated heterocycles. The molecule has 1 atom stereocenters. The molecule has 3 aromatic rings. The number of benzene rings is 1. The lowest BCUT2D eigenvalue weighted by Crippen LogP contribution is -2.29. The van der Waals surface area contributed by atoms with E-state index in [0.717, 1.165) is 17.0 Å². The SMILES string of the molecule is COc1ccc(C(CNC(=O)c2ccco2)c2ccccn2)cc1. The van der Waals surface area contributed by atoms with E-state index >= 15 is 0 Å². The number of hydrogen-bond donors (Lipinski definition) is 1. The van der Waals surface area contributed by atoms with Crippen LogP contribution in [0.25, 0.3) is 0 Å². The number of furan rings is 1. The van der Waals surface area contributed by atoms with Crippen LogP contribution in [0.2, 0.25) is 0 Å². The molecule has 1 N–H and O–H groups in total. The third kappa shape index (κ3) is 3.63. The fourth-order valence-corrected chi connectivity index (χ4v) is 2.50. The summed E-state index contributed by atoms with van der Waals surface area (Å²) in [6, 6.07) is 16.9. The van der Waals surface area contributed by atoms with Crippen LogP contribution in [0.15, 0.2) is 71.5 Å². The average molecular weight is 322 g/mol. The van der Waals surface area contributed by atoms with Gasteiger partial charge >= 0.3 is 0 Å². The molecule has 122 valence electrons. The van der Waals surface area contributed by atoms with Crippen molar-refractivity contribution in [2.75, 3.05) is 13.7 Å². The monoisotopic (exact) mass is 322 g/mol. The average Bonchev–Trinajstić information content (AvgIpc) is 3.18. The summed E-state index contributed by atoms with van der Waals surface area (Å²) in [4.78, 5) is 16.6. The van der Waals surface area contributed by atoms with Gasteiger partial charge in [0.2, 0.25) is 0 Å². The highest BCUT2D eigenvalue weighted by molar-refractivity contribution is 5.91. The summed E-state index contributed by atoms with van der Waals surface area (Å²) in [7, 11) is 1.63. The molecule has 0 radical (unpaired) electrons. The summed E-state index contributed by atoms with van der Waals surface area (Å²) in [6.45, 7) is 0.420. The summed E-state index contributed by atoms with van der Waals surface area (Å²) in [5, 5.41) is 2.91. The molecule has 5 nitrogen and oxygen atoms in total. The Bertz CT molecular complexity index is 768. The largest absolute Gasteiger partial charge is 0.497 e. The van der Waals surface area contributed by atoms with Crippen molar-refractivity contribution >= 4 is 5.91 Å². The minimum Gasteiger partial charge on any atom is -0.497 e. The van der Waals surface area contributed by atoms with Gasteiger partial charge in [0.1, 0.15) is 5.75 Å². The summed E-state index contributed by atoms with van der Waals surface area (Å²) in [6.07, 6.45) is 3.23. The van der Waals surface area contributed by atoms with E-state index in [0.29, 0.717) is 12.3 Å². The first-order valence-corrected chi connectivity index (χ1v) is 7.64. The number of nitrogens with one attached hydrogen (secondary N) is 1. The van der Waals surface area contributed by atoms with Gasteiger partial charge in [-0.3, -0.25) is 9.78 Å². The van der Waals surface area contributed by atoms with Crippen molar-refractivity contribution in [1.29, 1.82) is 0 Å². The van der Waals surface area contributed by atoms with E-state index in [4.69, 9.17) is 9.15 Å². The van der Waals surface area contributed by atoms with Crippen molar-refractivity contribution < 1.29 is 13.9 Å². The Balaban J connectivity index is 1.81. The molecule has 2 aromatic heterocycles. The number of carbonyl (C=O) groups is 1. The standard InChI is InChI=1S/C19H18N2O3/c1-23-15-9-7-14(8-10-15)16(17-5-2-3-11-20-17)13-21-19(22)18-6-4-12-24-18/h2-12,16H,13H2,1H3,(H,21,22). The maximum absolute atomic E-state index is 12.1. The first-order chi connectivity index (χ1) is 11.8. The number of aromatic nitrogens is 1. The van der Waals surface area contributed by atoms with E-state index in [9.17, 15) is 4.79 Å². The van der Waals surface area contributed by atoms with E-state index in [2.05, 4.69) is 10.3 Å². The van der Waals surface area contributed by atoms with Gasteiger partial charge in [-0.05, 0) is 42.0 Å². The van der Waals surface area contributed by atoms with Crippen LogP contribution >= 0.6 is 0 Å². The number of nitrogens with zero attached hydrogens (tertiary/aromatic N) is 1. The smallest absolute Gasteiger partial charge is 0.287 e. The molecule has 0 aliphatic carbocycles. The normalized spacial score (nSPS) is 11.7. The Hall–Kier alpha value is -3.08. The molecule has 1 unspecified atom stereocenters. The zero-order chi connectivity index (χ0) is 16.8. The fourth-order valence-electron chi connectivity index (χ4n) is 2.50. The molecule has 2 heterocycles. The van der Waals surface area contributed by atoms with Crippen molar-refractivity contribution in [3.63, 3.8) is 0 Å². The molecule has 5 heteroatoms. The second kappa shape index (κ2) is 7.46. The van der Waals surface area contributed by atoms with Gasteiger partial charge < -0.3 is 14.5 Å². The predicted octanol–water partition coefficient (Wildman–Crippen LogP) is 3.25. The predicted molar refractivity (Wildman–Crippen MR) is 90.1 cm³/mol. The van der Waals surface area contributed by atoms with Crippen molar-refractivity contribution in [2.45, 2.75) is 5.92 Å². The fraction of sp³-hybridized carbons (Fsp3) is 0.158. The van der Waals surface area contributed by atoms with E-state index in [-0.39, 0.29) is 11.8 Å². The van der Waals surface area contributed by atoms with E-state index in [1.807, 2.05) is 42.5 Å². The Morgan fingerprint density at radius 2 is 2.00 bits per heavy atom. The molecule has 24 heavy (non-hydrogen) atoms. The summed E-state index contributed by atoms with van der Waals surface area (Å²) < 4.78 is 10.3. The van der Waals surface area contributed by atoms with Gasteiger partial charge in [0.25, 0.3) is 5.91 Å². The van der Waals surface area contributed by atoms with Crippen molar-refractivity contribution in [2.24, 2.45) is 0 Å². The Morgan fingerprint density at radius 3 is 2.62 bits per heavy atom. The van der Waals surface area contributed by atoms with Crippen LogP contribution < -0.4 is 10.1 Å². The van der Waals surface area contributed by atoms with E-state index in [1.54, 1.807) is 25.4 Å². The van der Waals surface area contributed by atoms with Crippen LogP contribution in [0.4, 0.5) is 0 Å². The van der Waals surface area contributed by atoms with Crippen LogP contribution in [-0.2, 0) is 0 Å². The third-order valence-corrected chi connectivity index (χ3v) is 3.77. The van der Waals surface area contributed by atoms with Gasteiger partial charge in [-0.15, -0.1) is 0 Å². The molecular formula is C19H18N2O3. The topological polar surface area (TPSA) is 64.4 Å². The molecule has 0 spiro atoms. The number of hydrogen-bond acceptors (Lipinski definition) is 4. The van der Waals surface area contributed by atoms with Crippen molar-refractivity contribution in [3.8, 4) is 5.75 Å². The summed E-state index contributed by atoms with van der Waals surface area (Å²) in [5.74, 6) is 0.785. The maximum atomic E-state index is 12.1. The molecule has 0 saturated carbocycles. The molecule has 0 bridgehead atoms. The Kier molecular flexibility index (Phi) is 4.91. The highest BCUT2D eigenvalue weighted by Gasteiger charge is 2.18. The molecule has 3 rings (SSSR count). The van der Waals surface area contributed by atoms with Crippen LogP contribution in [0, 0.1) is 0 Å². The van der Waals surface area contributed by atoms with Crippen LogP contribution in [-0.4, -0.2) is 24.5 Å². The second-order valence-electron chi connectivity index (χ2n) is 5.27. The zero-order valence-corrected chi connectivity index (χ0v) is 13.3. The summed E-state index contributed by atoms with van der Waals surface area (Å²) in [5.41, 5.74) is 1.94. The second-order valence-corrected chi connectivity index (χ2v) is 5.27. The zero-order valence-electron chi connectivity index (χ0n) is 13.3. The molecular weight excluding hydrogens is 304 g/mol. The van der Waals surface area contributed by atoms with E-state index < -0.39 is 0 Å². The number of amides is 1. The molecule has 1 amide bonds. The Morgan fingerprint density at radius 1 is 1.17 bits per heavy atom. The number of carbonyl (C=O) groups excluding carboxylic acids is 1. The number of pyridine rings is 1. The van der Waals surface area contributed by atoms with Crippen molar-refractivity contribution in [3.05, 3.63) is 84.1 Å². The Labute approximate surface area is 140 Å². The van der Waals surface area contributed by atoms with Gasteiger partial charge in [0, 0.05) is 24.4 Å². The number of rotatable bonds is 6. The van der Waals surface area contributed by atoms with Crippen LogP contribution in [0.3, 0.4) is 0 Å². The molecule has 0 fully saturated rings. The lowest BCUT2D eigenvalue weighted by Gasteiger charge is -2.18. The number of ether oxygens (including phenoxy) is 1. The first-order valence-electron chi connectivity index (χ1n) is 7.64. The first kappa shape index (κ1) is 15.8. The van der Waals surface area contributed by atoms with Gasteiger partial charge in [-0.2, -0.15) is 0 Å². The molecule has 0 aliphatic heterocycles. The quantitative estimate of drug-likeness (QED) is 0.756.